The van der Waals surface area contributed by atoms with E-state index in [1.54, 1.807) is 10.7 Å². The van der Waals surface area contributed by atoms with Gasteiger partial charge in [0.25, 0.3) is 0 Å². The Morgan fingerprint density at radius 3 is 2.65 bits per heavy atom. The first-order chi connectivity index (χ1) is 9.54. The zero-order valence-corrected chi connectivity index (χ0v) is 12.7. The minimum Gasteiger partial charge on any atom is -0.319 e. The second kappa shape index (κ2) is 6.37. The molecule has 0 aliphatic heterocycles. The molecular weight excluding hydrogens is 277 g/mol. The fourth-order valence-corrected chi connectivity index (χ4v) is 2.72. The highest BCUT2D eigenvalue weighted by molar-refractivity contribution is 6.31. The van der Waals surface area contributed by atoms with E-state index in [0.717, 1.165) is 11.4 Å². The zero-order valence-electron chi connectivity index (χ0n) is 12.0. The highest BCUT2D eigenvalue weighted by Gasteiger charge is 2.20. The molecule has 0 spiro atoms. The average Bonchev–Trinajstić information content (AvgIpc) is 2.65. The van der Waals surface area contributed by atoms with Gasteiger partial charge in [-0.1, -0.05) is 29.8 Å². The SMILES string of the molecule is CNCC(Cc1c(Cl)c(C)nn1C)c1ccccc1F. The van der Waals surface area contributed by atoms with Crippen molar-refractivity contribution in [2.45, 2.75) is 19.3 Å². The normalized spacial score (nSPS) is 12.7. The summed E-state index contributed by atoms with van der Waals surface area (Å²) in [4.78, 5) is 0. The van der Waals surface area contributed by atoms with Gasteiger partial charge in [-0.25, -0.2) is 4.39 Å². The van der Waals surface area contributed by atoms with E-state index in [0.29, 0.717) is 23.6 Å². The van der Waals surface area contributed by atoms with Crippen LogP contribution >= 0.6 is 11.6 Å². The molecule has 1 heterocycles. The van der Waals surface area contributed by atoms with Gasteiger partial charge in [0, 0.05) is 19.5 Å². The van der Waals surface area contributed by atoms with Crippen molar-refractivity contribution < 1.29 is 4.39 Å². The first-order valence-electron chi connectivity index (χ1n) is 6.61. The lowest BCUT2D eigenvalue weighted by Gasteiger charge is -2.18. The first-order valence-corrected chi connectivity index (χ1v) is 6.99. The Morgan fingerprint density at radius 2 is 2.10 bits per heavy atom. The van der Waals surface area contributed by atoms with Crippen LogP contribution in [0.25, 0.3) is 0 Å². The summed E-state index contributed by atoms with van der Waals surface area (Å²) in [6.07, 6.45) is 0.651. The van der Waals surface area contributed by atoms with Gasteiger partial charge < -0.3 is 5.32 Å². The Kier molecular flexibility index (Phi) is 4.78. The van der Waals surface area contributed by atoms with Crippen LogP contribution in [0.4, 0.5) is 4.39 Å². The molecule has 108 valence electrons. The van der Waals surface area contributed by atoms with Gasteiger partial charge in [0.15, 0.2) is 0 Å². The molecule has 0 fully saturated rings. The fourth-order valence-electron chi connectivity index (χ4n) is 2.48. The molecule has 20 heavy (non-hydrogen) atoms. The Morgan fingerprint density at radius 1 is 1.40 bits per heavy atom. The van der Waals surface area contributed by atoms with Gasteiger partial charge in [0.1, 0.15) is 5.82 Å². The van der Waals surface area contributed by atoms with E-state index in [9.17, 15) is 4.39 Å². The van der Waals surface area contributed by atoms with Crippen LogP contribution in [0.1, 0.15) is 22.9 Å². The van der Waals surface area contributed by atoms with Crippen molar-refractivity contribution in [3.63, 3.8) is 0 Å². The minimum absolute atomic E-state index is 0.0218. The first kappa shape index (κ1) is 15.0. The molecule has 0 amide bonds. The Labute approximate surface area is 123 Å². The van der Waals surface area contributed by atoms with Crippen LogP contribution in [0.2, 0.25) is 5.02 Å². The summed E-state index contributed by atoms with van der Waals surface area (Å²) in [5.41, 5.74) is 2.45. The lowest BCUT2D eigenvalue weighted by Crippen LogP contribution is -2.21. The van der Waals surface area contributed by atoms with Crippen LogP contribution in [0, 0.1) is 12.7 Å². The Hall–Kier alpha value is -1.39. The van der Waals surface area contributed by atoms with Crippen molar-refractivity contribution in [2.75, 3.05) is 13.6 Å². The number of aromatic nitrogens is 2. The molecule has 1 N–H and O–H groups in total. The monoisotopic (exact) mass is 295 g/mol. The quantitative estimate of drug-likeness (QED) is 0.919. The molecule has 1 unspecified atom stereocenters. The second-order valence-electron chi connectivity index (χ2n) is 4.95. The second-order valence-corrected chi connectivity index (χ2v) is 5.33. The van der Waals surface area contributed by atoms with Crippen molar-refractivity contribution in [3.8, 4) is 0 Å². The number of hydrogen-bond acceptors (Lipinski definition) is 2. The summed E-state index contributed by atoms with van der Waals surface area (Å²) in [6, 6.07) is 6.89. The number of benzene rings is 1. The van der Waals surface area contributed by atoms with Crippen molar-refractivity contribution in [1.82, 2.24) is 15.1 Å². The van der Waals surface area contributed by atoms with E-state index < -0.39 is 0 Å². The van der Waals surface area contributed by atoms with Crippen molar-refractivity contribution >= 4 is 11.6 Å². The zero-order chi connectivity index (χ0) is 14.7. The van der Waals surface area contributed by atoms with Gasteiger partial charge >= 0.3 is 0 Å². The number of halogens is 2. The predicted molar refractivity (Wildman–Crippen MR) is 79.7 cm³/mol. The third kappa shape index (κ3) is 3.02. The maximum absolute atomic E-state index is 14.0. The fraction of sp³-hybridized carbons (Fsp3) is 0.400. The number of nitrogens with zero attached hydrogens (tertiary/aromatic N) is 2. The number of nitrogens with one attached hydrogen (secondary N) is 1. The Bertz CT molecular complexity index is 595. The highest BCUT2D eigenvalue weighted by Crippen LogP contribution is 2.27. The smallest absolute Gasteiger partial charge is 0.126 e. The highest BCUT2D eigenvalue weighted by atomic mass is 35.5. The molecular formula is C15H19ClFN3. The molecule has 0 saturated heterocycles. The van der Waals surface area contributed by atoms with Crippen LogP contribution < -0.4 is 5.32 Å². The van der Waals surface area contributed by atoms with Crippen LogP contribution in [0.5, 0.6) is 0 Å². The molecule has 2 aromatic rings. The summed E-state index contributed by atoms with van der Waals surface area (Å²) >= 11 is 6.29. The van der Waals surface area contributed by atoms with E-state index in [1.807, 2.05) is 33.2 Å². The van der Waals surface area contributed by atoms with Crippen molar-refractivity contribution in [1.29, 1.82) is 0 Å². The molecule has 3 nitrogen and oxygen atoms in total. The Balaban J connectivity index is 2.33. The molecule has 0 aliphatic carbocycles. The topological polar surface area (TPSA) is 29.9 Å². The summed E-state index contributed by atoms with van der Waals surface area (Å²) in [5, 5.41) is 8.10. The number of hydrogen-bond donors (Lipinski definition) is 1. The van der Waals surface area contributed by atoms with Gasteiger partial charge in [0.2, 0.25) is 0 Å². The summed E-state index contributed by atoms with van der Waals surface area (Å²) in [6.45, 7) is 2.56. The lowest BCUT2D eigenvalue weighted by atomic mass is 9.93. The number of aryl methyl sites for hydroxylation is 2. The summed E-state index contributed by atoms with van der Waals surface area (Å²) in [7, 11) is 3.73. The van der Waals surface area contributed by atoms with Crippen LogP contribution in [-0.2, 0) is 13.5 Å². The maximum atomic E-state index is 14.0. The molecule has 2 rings (SSSR count). The third-order valence-corrected chi connectivity index (χ3v) is 3.99. The maximum Gasteiger partial charge on any atom is 0.126 e. The van der Waals surface area contributed by atoms with Gasteiger partial charge in [0.05, 0.1) is 16.4 Å². The third-order valence-electron chi connectivity index (χ3n) is 3.50. The minimum atomic E-state index is -0.178. The van der Waals surface area contributed by atoms with E-state index >= 15 is 0 Å². The lowest BCUT2D eigenvalue weighted by molar-refractivity contribution is 0.543. The number of rotatable bonds is 5. The molecule has 0 radical (unpaired) electrons. The molecule has 0 aliphatic rings. The van der Waals surface area contributed by atoms with Crippen LogP contribution in [0.3, 0.4) is 0 Å². The van der Waals surface area contributed by atoms with Gasteiger partial charge in [-0.2, -0.15) is 5.10 Å². The van der Waals surface area contributed by atoms with Gasteiger partial charge in [-0.15, -0.1) is 0 Å². The van der Waals surface area contributed by atoms with Crippen molar-refractivity contribution in [3.05, 3.63) is 52.1 Å². The average molecular weight is 296 g/mol. The summed E-state index contributed by atoms with van der Waals surface area (Å²) in [5.74, 6) is -0.156. The molecule has 5 heteroatoms. The molecule has 1 atom stereocenters. The molecule has 1 aromatic heterocycles. The van der Waals surface area contributed by atoms with E-state index in [4.69, 9.17) is 11.6 Å². The van der Waals surface area contributed by atoms with E-state index in [1.165, 1.54) is 6.07 Å². The largest absolute Gasteiger partial charge is 0.319 e. The van der Waals surface area contributed by atoms with Crippen LogP contribution in [0.15, 0.2) is 24.3 Å². The number of likely N-dealkylation sites (N-methyl/N-ethyl adjacent to an activating group) is 1. The molecule has 1 aromatic carbocycles. The van der Waals surface area contributed by atoms with E-state index in [2.05, 4.69) is 10.4 Å². The van der Waals surface area contributed by atoms with Crippen LogP contribution in [-0.4, -0.2) is 23.4 Å². The molecule has 0 bridgehead atoms. The molecule has 0 saturated carbocycles. The summed E-state index contributed by atoms with van der Waals surface area (Å²) < 4.78 is 15.8. The van der Waals surface area contributed by atoms with Crippen molar-refractivity contribution in [2.24, 2.45) is 7.05 Å². The van der Waals surface area contributed by atoms with Gasteiger partial charge in [-0.3, -0.25) is 4.68 Å². The standard InChI is InChI=1S/C15H19ClFN3/c1-10-15(16)14(20(3)19-10)8-11(9-18-2)12-6-4-5-7-13(12)17/h4-7,11,18H,8-9H2,1-3H3. The van der Waals surface area contributed by atoms with Gasteiger partial charge in [-0.05, 0) is 32.0 Å². The van der Waals surface area contributed by atoms with E-state index in [-0.39, 0.29) is 11.7 Å². The predicted octanol–water partition coefficient (Wildman–Crippen LogP) is 3.07.